The van der Waals surface area contributed by atoms with Crippen molar-refractivity contribution in [2.45, 2.75) is 6.92 Å². The van der Waals surface area contributed by atoms with E-state index in [2.05, 4.69) is 43.3 Å². The number of nitrogens with two attached hydrogens (primary N) is 1. The summed E-state index contributed by atoms with van der Waals surface area (Å²) < 4.78 is 0. The zero-order valence-corrected chi connectivity index (χ0v) is 15.2. The van der Waals surface area contributed by atoms with E-state index in [9.17, 15) is 4.79 Å². The molecule has 2 N–H and O–H groups in total. The Kier molecular flexibility index (Phi) is 12.0. The van der Waals surface area contributed by atoms with Crippen molar-refractivity contribution < 1.29 is 51.3 Å². The average Bonchev–Trinajstić information content (AvgIpc) is 2.80. The molecule has 113 valence electrons. The third-order valence-corrected chi connectivity index (χ3v) is 2.82. The Morgan fingerprint density at radius 2 is 1.50 bits per heavy atom. The molecule has 0 fully saturated rings. The van der Waals surface area contributed by atoms with Crippen molar-refractivity contribution in [3.8, 4) is 0 Å². The fraction of sp³-hybridized carbons (Fsp3) is 0.0588. The normalized spacial score (nSPS) is 8.41. The van der Waals surface area contributed by atoms with Crippen molar-refractivity contribution >= 4 is 16.7 Å². The van der Waals surface area contributed by atoms with Crippen molar-refractivity contribution in [1.29, 1.82) is 0 Å². The van der Waals surface area contributed by atoms with E-state index in [1.807, 2.05) is 6.07 Å². The number of carbonyl (C=O) groups is 1. The van der Waals surface area contributed by atoms with Gasteiger partial charge in [-0.15, -0.1) is 40.6 Å². The van der Waals surface area contributed by atoms with Crippen molar-refractivity contribution in [3.05, 3.63) is 77.9 Å². The molecular formula is C17H16Cl2NOTi. The first-order valence-corrected chi connectivity index (χ1v) is 6.14. The van der Waals surface area contributed by atoms with Crippen molar-refractivity contribution in [2.75, 3.05) is 0 Å². The molecule has 1 radical (unpaired) electrons. The predicted octanol–water partition coefficient (Wildman–Crippen LogP) is -2.34. The van der Waals surface area contributed by atoms with E-state index in [4.69, 9.17) is 5.73 Å². The quantitative estimate of drug-likeness (QED) is 0.379. The van der Waals surface area contributed by atoms with Gasteiger partial charge in [0.15, 0.2) is 0 Å². The Bertz CT molecular complexity index is 650. The number of amides is 1. The molecule has 22 heavy (non-hydrogen) atoms. The minimum atomic E-state index is -0.379. The van der Waals surface area contributed by atoms with E-state index >= 15 is 0 Å². The van der Waals surface area contributed by atoms with Gasteiger partial charge in [0.2, 0.25) is 5.91 Å². The van der Waals surface area contributed by atoms with Crippen LogP contribution in [0.15, 0.2) is 66.7 Å². The first-order valence-electron chi connectivity index (χ1n) is 6.14. The molecule has 0 saturated heterocycles. The van der Waals surface area contributed by atoms with E-state index in [0.29, 0.717) is 5.56 Å². The Morgan fingerprint density at radius 3 is 2.00 bits per heavy atom. The number of hydrogen-bond donors (Lipinski definition) is 1. The van der Waals surface area contributed by atoms with Gasteiger partial charge in [-0.3, -0.25) is 4.79 Å². The summed E-state index contributed by atoms with van der Waals surface area (Å²) in [5.41, 5.74) is 6.88. The topological polar surface area (TPSA) is 43.1 Å². The molecule has 3 aromatic rings. The summed E-state index contributed by atoms with van der Waals surface area (Å²) in [7, 11) is 0. The number of benzene rings is 2. The summed E-state index contributed by atoms with van der Waals surface area (Å²) in [6, 6.07) is 21.6. The first-order chi connectivity index (χ1) is 9.16. The van der Waals surface area contributed by atoms with Gasteiger partial charge in [-0.25, -0.2) is 0 Å². The van der Waals surface area contributed by atoms with Crippen LogP contribution in [0.1, 0.15) is 15.9 Å². The second-order valence-electron chi connectivity index (χ2n) is 4.39. The van der Waals surface area contributed by atoms with Crippen LogP contribution in [0, 0.1) is 6.92 Å². The van der Waals surface area contributed by atoms with Crippen LogP contribution in [0.3, 0.4) is 0 Å². The van der Waals surface area contributed by atoms with Gasteiger partial charge in [-0.2, -0.15) is 6.07 Å². The maximum atomic E-state index is 10.4. The number of halogens is 2. The molecule has 2 nitrogen and oxygen atoms in total. The summed E-state index contributed by atoms with van der Waals surface area (Å²) in [5.74, 6) is -0.379. The third-order valence-electron chi connectivity index (χ3n) is 2.82. The van der Waals surface area contributed by atoms with Gasteiger partial charge in [-0.1, -0.05) is 31.2 Å². The Labute approximate surface area is 158 Å². The summed E-state index contributed by atoms with van der Waals surface area (Å²) in [4.78, 5) is 10.4. The van der Waals surface area contributed by atoms with Gasteiger partial charge in [-0.05, 0) is 12.1 Å². The fourth-order valence-corrected chi connectivity index (χ4v) is 1.91. The van der Waals surface area contributed by atoms with Gasteiger partial charge < -0.3 is 30.5 Å². The van der Waals surface area contributed by atoms with Crippen LogP contribution in [-0.2, 0) is 21.7 Å². The molecule has 0 aromatic heterocycles. The van der Waals surface area contributed by atoms with Gasteiger partial charge in [0.05, 0.1) is 0 Å². The number of carbonyl (C=O) groups excluding carboxylic acids is 1. The molecule has 0 saturated carbocycles. The number of primary amides is 1. The molecule has 0 heterocycles. The number of fused-ring (bicyclic) bond motifs is 1. The molecule has 0 bridgehead atoms. The van der Waals surface area contributed by atoms with Crippen molar-refractivity contribution in [2.24, 2.45) is 5.73 Å². The Hall–Kier alpha value is -1.19. The van der Waals surface area contributed by atoms with E-state index < -0.39 is 0 Å². The maximum Gasteiger partial charge on any atom is 3.00 e. The van der Waals surface area contributed by atoms with Gasteiger partial charge >= 0.3 is 21.7 Å². The Morgan fingerprint density at radius 1 is 0.955 bits per heavy atom. The molecular weight excluding hydrogens is 353 g/mol. The minimum absolute atomic E-state index is 0. The molecule has 1 amide bonds. The largest absolute Gasteiger partial charge is 3.00 e. The van der Waals surface area contributed by atoms with Crippen LogP contribution in [0.5, 0.6) is 0 Å². The van der Waals surface area contributed by atoms with Crippen LogP contribution in [0.4, 0.5) is 0 Å². The predicted molar refractivity (Wildman–Crippen MR) is 79.2 cm³/mol. The standard InChI is InChI=1S/C10H9.C7H7NO.2ClH.Ti/c1-8-6-9-4-2-3-5-10(9)7-8;8-7(9)6-4-2-1-3-5-6;;;/h2-7H,1H3;1-5H,(H2,8,9);2*1H;/q-1;;;;+3/p-2. The van der Waals surface area contributed by atoms with E-state index in [-0.39, 0.29) is 52.4 Å². The Balaban J connectivity index is 0. The first kappa shape index (κ1) is 23.1. The van der Waals surface area contributed by atoms with Crippen LogP contribution in [0.25, 0.3) is 10.8 Å². The molecule has 3 rings (SSSR count). The summed E-state index contributed by atoms with van der Waals surface area (Å²) >= 11 is 0. The molecule has 0 aliphatic heterocycles. The molecule has 0 aliphatic carbocycles. The van der Waals surface area contributed by atoms with Crippen molar-refractivity contribution in [1.82, 2.24) is 0 Å². The van der Waals surface area contributed by atoms with Crippen LogP contribution >= 0.6 is 0 Å². The summed E-state index contributed by atoms with van der Waals surface area (Å²) in [6.07, 6.45) is 0. The van der Waals surface area contributed by atoms with Gasteiger partial charge in [0, 0.05) is 5.56 Å². The van der Waals surface area contributed by atoms with Crippen molar-refractivity contribution in [3.63, 3.8) is 0 Å². The molecule has 0 spiro atoms. The van der Waals surface area contributed by atoms with Crippen LogP contribution in [-0.4, -0.2) is 5.91 Å². The van der Waals surface area contributed by atoms with Gasteiger partial charge in [0.25, 0.3) is 0 Å². The molecule has 0 aliphatic rings. The number of rotatable bonds is 1. The smallest absolute Gasteiger partial charge is 1.00 e. The fourth-order valence-electron chi connectivity index (χ4n) is 1.91. The van der Waals surface area contributed by atoms with Crippen LogP contribution in [0.2, 0.25) is 0 Å². The zero-order chi connectivity index (χ0) is 13.7. The van der Waals surface area contributed by atoms with Gasteiger partial charge in [0.1, 0.15) is 0 Å². The number of aryl methyl sites for hydroxylation is 1. The van der Waals surface area contributed by atoms with E-state index in [0.717, 1.165) is 0 Å². The maximum absolute atomic E-state index is 10.4. The zero-order valence-electron chi connectivity index (χ0n) is 12.1. The average molecular weight is 369 g/mol. The summed E-state index contributed by atoms with van der Waals surface area (Å²) in [5, 5.41) is 2.69. The third kappa shape index (κ3) is 6.72. The SMILES string of the molecule is Cc1cc2ccccc2[cH-]1.NC(=O)c1ccccc1.[Cl-].[Cl-].[Ti+3]. The number of hydrogen-bond acceptors (Lipinski definition) is 1. The molecule has 0 atom stereocenters. The summed E-state index contributed by atoms with van der Waals surface area (Å²) in [6.45, 7) is 2.12. The molecule has 3 aromatic carbocycles. The molecule has 0 unspecified atom stereocenters. The minimum Gasteiger partial charge on any atom is -1.00 e. The van der Waals surface area contributed by atoms with E-state index in [1.165, 1.54) is 16.3 Å². The van der Waals surface area contributed by atoms with Crippen LogP contribution < -0.4 is 30.5 Å². The van der Waals surface area contributed by atoms with E-state index in [1.54, 1.807) is 24.3 Å². The second kappa shape index (κ2) is 11.4. The monoisotopic (exact) mass is 368 g/mol. The molecule has 5 heteroatoms. The second-order valence-corrected chi connectivity index (χ2v) is 4.39.